The molecule has 7 aromatic rings. The van der Waals surface area contributed by atoms with Gasteiger partial charge in [0.15, 0.2) is 0 Å². The Hall–Kier alpha value is -4.04. The first-order chi connectivity index (χ1) is 15.2. The maximum atomic E-state index is 6.23. The lowest BCUT2D eigenvalue weighted by atomic mass is 10.00. The van der Waals surface area contributed by atoms with Crippen molar-refractivity contribution in [2.45, 2.75) is 6.92 Å². The molecule has 5 aromatic carbocycles. The fourth-order valence-corrected chi connectivity index (χ4v) is 4.75. The van der Waals surface area contributed by atoms with Crippen LogP contribution in [0.1, 0.15) is 5.56 Å². The monoisotopic (exact) mass is 398 g/mol. The van der Waals surface area contributed by atoms with Crippen molar-refractivity contribution in [2.24, 2.45) is 0 Å². The van der Waals surface area contributed by atoms with Gasteiger partial charge in [0.25, 0.3) is 0 Å². The van der Waals surface area contributed by atoms with Crippen molar-refractivity contribution in [3.05, 3.63) is 96.6 Å². The van der Waals surface area contributed by atoms with Gasteiger partial charge in [-0.3, -0.25) is 0 Å². The topological polar surface area (TPSA) is 26.3 Å². The van der Waals surface area contributed by atoms with Crippen LogP contribution >= 0.6 is 0 Å². The molecule has 0 unspecified atom stereocenters. The number of hydrogen-bond donors (Lipinski definition) is 0. The second-order valence-corrected chi connectivity index (χ2v) is 8.32. The number of aryl methyl sites for hydroxylation is 1. The summed E-state index contributed by atoms with van der Waals surface area (Å²) in [4.78, 5) is 0. The summed E-state index contributed by atoms with van der Waals surface area (Å²) in [6.07, 6.45) is 0. The van der Waals surface area contributed by atoms with E-state index in [0.717, 1.165) is 54.6 Å². The van der Waals surface area contributed by atoms with Gasteiger partial charge >= 0.3 is 0 Å². The first kappa shape index (κ1) is 16.7. The fourth-order valence-electron chi connectivity index (χ4n) is 4.75. The molecule has 0 saturated carbocycles. The highest BCUT2D eigenvalue weighted by Crippen LogP contribution is 2.37. The first-order valence-electron chi connectivity index (χ1n) is 10.5. The molecule has 0 spiro atoms. The average molecular weight is 398 g/mol. The Morgan fingerprint density at radius 1 is 0.452 bits per heavy atom. The van der Waals surface area contributed by atoms with Gasteiger partial charge in [-0.15, -0.1) is 0 Å². The zero-order valence-corrected chi connectivity index (χ0v) is 17.0. The fraction of sp³-hybridized carbons (Fsp3) is 0.0345. The van der Waals surface area contributed by atoms with Crippen LogP contribution in [0.4, 0.5) is 0 Å². The van der Waals surface area contributed by atoms with E-state index in [1.807, 2.05) is 12.1 Å². The maximum Gasteiger partial charge on any atom is 0.136 e. The molecule has 0 aliphatic rings. The Morgan fingerprint density at radius 2 is 1.10 bits per heavy atom. The van der Waals surface area contributed by atoms with Gasteiger partial charge in [0.1, 0.15) is 22.3 Å². The minimum atomic E-state index is 0.913. The highest BCUT2D eigenvalue weighted by molar-refractivity contribution is 6.15. The third kappa shape index (κ3) is 2.45. The summed E-state index contributed by atoms with van der Waals surface area (Å²) in [6.45, 7) is 2.13. The van der Waals surface area contributed by atoms with Crippen molar-refractivity contribution in [1.29, 1.82) is 0 Å². The Balaban J connectivity index is 1.51. The minimum Gasteiger partial charge on any atom is -0.456 e. The zero-order chi connectivity index (χ0) is 20.5. The summed E-state index contributed by atoms with van der Waals surface area (Å²) < 4.78 is 12.3. The summed E-state index contributed by atoms with van der Waals surface area (Å²) in [7, 11) is 0. The minimum absolute atomic E-state index is 0.913. The molecule has 0 radical (unpaired) electrons. The predicted molar refractivity (Wildman–Crippen MR) is 129 cm³/mol. The van der Waals surface area contributed by atoms with Gasteiger partial charge in [-0.2, -0.15) is 0 Å². The lowest BCUT2D eigenvalue weighted by Gasteiger charge is -2.03. The van der Waals surface area contributed by atoms with Crippen LogP contribution in [0.2, 0.25) is 0 Å². The summed E-state index contributed by atoms with van der Waals surface area (Å²) in [5.74, 6) is 0. The van der Waals surface area contributed by atoms with Crippen molar-refractivity contribution in [2.75, 3.05) is 0 Å². The second-order valence-electron chi connectivity index (χ2n) is 8.32. The van der Waals surface area contributed by atoms with Gasteiger partial charge in [-0.1, -0.05) is 54.1 Å². The summed E-state index contributed by atoms with van der Waals surface area (Å²) in [5, 5.41) is 6.87. The van der Waals surface area contributed by atoms with E-state index in [1.54, 1.807) is 0 Å². The molecule has 0 aliphatic heterocycles. The molecule has 0 atom stereocenters. The molecule has 7 rings (SSSR count). The van der Waals surface area contributed by atoms with Gasteiger partial charge in [-0.05, 0) is 71.3 Å². The van der Waals surface area contributed by atoms with E-state index in [4.69, 9.17) is 8.83 Å². The molecule has 0 amide bonds. The number of fused-ring (bicyclic) bond motifs is 7. The zero-order valence-electron chi connectivity index (χ0n) is 17.0. The molecule has 0 aliphatic carbocycles. The Bertz CT molecular complexity index is 1800. The molecule has 2 heteroatoms. The Labute approximate surface area is 178 Å². The van der Waals surface area contributed by atoms with E-state index in [0.29, 0.717) is 0 Å². The van der Waals surface area contributed by atoms with Gasteiger partial charge in [-0.25, -0.2) is 0 Å². The summed E-state index contributed by atoms with van der Waals surface area (Å²) in [5.41, 5.74) is 7.35. The van der Waals surface area contributed by atoms with Gasteiger partial charge < -0.3 is 8.83 Å². The maximum absolute atomic E-state index is 6.23. The number of benzene rings is 5. The van der Waals surface area contributed by atoms with Gasteiger partial charge in [0.2, 0.25) is 0 Å². The number of furan rings is 2. The molecule has 0 bridgehead atoms. The van der Waals surface area contributed by atoms with E-state index in [9.17, 15) is 0 Å². The second kappa shape index (κ2) is 5.99. The lowest BCUT2D eigenvalue weighted by molar-refractivity contribution is 0.668. The third-order valence-electron chi connectivity index (χ3n) is 6.28. The third-order valence-corrected chi connectivity index (χ3v) is 6.28. The van der Waals surface area contributed by atoms with Crippen molar-refractivity contribution in [3.8, 4) is 11.1 Å². The van der Waals surface area contributed by atoms with E-state index in [2.05, 4.69) is 85.8 Å². The van der Waals surface area contributed by atoms with Crippen LogP contribution in [0, 0.1) is 6.92 Å². The predicted octanol–water partition coefficient (Wildman–Crippen LogP) is 8.61. The summed E-state index contributed by atoms with van der Waals surface area (Å²) in [6, 6.07) is 32.0. The highest BCUT2D eigenvalue weighted by Gasteiger charge is 2.13. The van der Waals surface area contributed by atoms with Crippen LogP contribution in [0.25, 0.3) is 65.8 Å². The molecule has 146 valence electrons. The standard InChI is InChI=1S/C29H18O2/c1-17-5-4-6-18(11-17)19-9-10-27-24(12-19)25-14-21-15-28-23(13-20(21)16-29(25)31-27)22-7-2-3-8-26(22)30-28/h2-16H,1H3. The Morgan fingerprint density at radius 3 is 1.87 bits per heavy atom. The molecule has 0 saturated heterocycles. The van der Waals surface area contributed by atoms with E-state index < -0.39 is 0 Å². The molecule has 2 nitrogen and oxygen atoms in total. The molecule has 2 heterocycles. The van der Waals surface area contributed by atoms with E-state index in [-0.39, 0.29) is 0 Å². The van der Waals surface area contributed by atoms with Crippen LogP contribution < -0.4 is 0 Å². The first-order valence-corrected chi connectivity index (χ1v) is 10.5. The number of hydrogen-bond acceptors (Lipinski definition) is 2. The van der Waals surface area contributed by atoms with Gasteiger partial charge in [0.05, 0.1) is 0 Å². The van der Waals surface area contributed by atoms with Crippen LogP contribution in [-0.2, 0) is 0 Å². The molecule has 0 N–H and O–H groups in total. The van der Waals surface area contributed by atoms with Crippen LogP contribution in [-0.4, -0.2) is 0 Å². The molecular weight excluding hydrogens is 380 g/mol. The van der Waals surface area contributed by atoms with Crippen LogP contribution in [0.3, 0.4) is 0 Å². The highest BCUT2D eigenvalue weighted by atomic mass is 16.3. The Kier molecular flexibility index (Phi) is 3.23. The van der Waals surface area contributed by atoms with Crippen LogP contribution in [0.5, 0.6) is 0 Å². The van der Waals surface area contributed by atoms with Crippen LogP contribution in [0.15, 0.2) is 99.8 Å². The molecule has 0 fully saturated rings. The SMILES string of the molecule is Cc1cccc(-c2ccc3oc4cc5cc6c(cc5cc4c3c2)oc2ccccc26)c1. The molecular formula is C29H18O2. The number of rotatable bonds is 1. The summed E-state index contributed by atoms with van der Waals surface area (Å²) >= 11 is 0. The largest absolute Gasteiger partial charge is 0.456 e. The quantitative estimate of drug-likeness (QED) is 0.277. The van der Waals surface area contributed by atoms with Gasteiger partial charge in [0, 0.05) is 21.5 Å². The van der Waals surface area contributed by atoms with E-state index >= 15 is 0 Å². The average Bonchev–Trinajstić information content (AvgIpc) is 3.32. The van der Waals surface area contributed by atoms with Crippen molar-refractivity contribution < 1.29 is 8.83 Å². The molecule has 31 heavy (non-hydrogen) atoms. The van der Waals surface area contributed by atoms with Crippen molar-refractivity contribution >= 4 is 54.6 Å². The number of para-hydroxylation sites is 1. The normalized spacial score (nSPS) is 12.0. The van der Waals surface area contributed by atoms with E-state index in [1.165, 1.54) is 16.7 Å². The smallest absolute Gasteiger partial charge is 0.136 e. The molecule has 2 aromatic heterocycles. The van der Waals surface area contributed by atoms with Crippen molar-refractivity contribution in [3.63, 3.8) is 0 Å². The van der Waals surface area contributed by atoms with Crippen molar-refractivity contribution in [1.82, 2.24) is 0 Å². The lowest BCUT2D eigenvalue weighted by Crippen LogP contribution is -1.79.